The van der Waals surface area contributed by atoms with Crippen LogP contribution in [-0.2, 0) is 15.8 Å². The molecule has 0 unspecified atom stereocenters. The highest BCUT2D eigenvalue weighted by atomic mass is 35.5. The zero-order chi connectivity index (χ0) is 22.1. The zero-order valence-electron chi connectivity index (χ0n) is 15.2. The molecule has 30 heavy (non-hydrogen) atoms. The van der Waals surface area contributed by atoms with Crippen molar-refractivity contribution in [3.63, 3.8) is 0 Å². The number of imidazole rings is 1. The molecule has 156 valence electrons. The smallest absolute Gasteiger partial charge is 0.324 e. The van der Waals surface area contributed by atoms with Crippen LogP contribution in [0.25, 0.3) is 11.0 Å². The van der Waals surface area contributed by atoms with Crippen LogP contribution >= 0.6 is 11.6 Å². The number of fused-ring (bicyclic) bond motifs is 1. The van der Waals surface area contributed by atoms with Crippen molar-refractivity contribution in [2.24, 2.45) is 10.2 Å². The average Bonchev–Trinajstić information content (AvgIpc) is 3.01. The van der Waals surface area contributed by atoms with Gasteiger partial charge in [-0.25, -0.2) is 4.79 Å². The first-order chi connectivity index (χ1) is 14.0. The van der Waals surface area contributed by atoms with E-state index in [1.54, 1.807) is 0 Å². The lowest BCUT2D eigenvalue weighted by Gasteiger charge is -2.10. The summed E-state index contributed by atoms with van der Waals surface area (Å²) < 4.78 is 38.6. The normalized spacial score (nSPS) is 13.0. The van der Waals surface area contributed by atoms with E-state index in [1.807, 2.05) is 0 Å². The number of carbonyl (C=O) groups is 2. The number of carbonyl (C=O) groups excluding carboxylic acids is 2. The van der Waals surface area contributed by atoms with Crippen molar-refractivity contribution in [2.75, 3.05) is 5.32 Å². The Labute approximate surface area is 171 Å². The highest BCUT2D eigenvalue weighted by Crippen LogP contribution is 2.35. The number of halogens is 4. The molecule has 0 aliphatic carbocycles. The third-order valence-corrected chi connectivity index (χ3v) is 4.29. The van der Waals surface area contributed by atoms with Gasteiger partial charge in [0, 0.05) is 5.69 Å². The fourth-order valence-corrected chi connectivity index (χ4v) is 2.68. The molecule has 0 saturated heterocycles. The highest BCUT2D eigenvalue weighted by molar-refractivity contribution is 6.33. The Balaban J connectivity index is 1.83. The Morgan fingerprint density at radius 1 is 1.10 bits per heavy atom. The number of Topliss-reactive ketones (excluding diaryl/α,β-unsaturated/α-hetero) is 1. The van der Waals surface area contributed by atoms with Crippen molar-refractivity contribution in [3.05, 3.63) is 57.5 Å². The molecule has 3 rings (SSSR count). The summed E-state index contributed by atoms with van der Waals surface area (Å²) in [5, 5.41) is 9.48. The maximum Gasteiger partial charge on any atom is 0.416 e. The molecule has 0 aliphatic heterocycles. The summed E-state index contributed by atoms with van der Waals surface area (Å²) in [6.45, 7) is 1.09. The predicted octanol–water partition coefficient (Wildman–Crippen LogP) is 4.21. The number of nitrogens with one attached hydrogen (secondary N) is 3. The summed E-state index contributed by atoms with van der Waals surface area (Å²) in [5.74, 6) is -1.54. The van der Waals surface area contributed by atoms with Crippen LogP contribution in [0.2, 0.25) is 5.02 Å². The van der Waals surface area contributed by atoms with Crippen LogP contribution in [0.15, 0.2) is 51.4 Å². The SMILES string of the molecule is CC(=O)[C@H](N=Nc1cc(C(F)(F)F)ccc1Cl)C(=O)Nc1ccc2[nH]c(=O)[nH]c2c1. The first-order valence-corrected chi connectivity index (χ1v) is 8.73. The van der Waals surface area contributed by atoms with E-state index in [0.29, 0.717) is 17.1 Å². The summed E-state index contributed by atoms with van der Waals surface area (Å²) >= 11 is 5.84. The van der Waals surface area contributed by atoms with Gasteiger partial charge in [0.2, 0.25) is 6.04 Å². The van der Waals surface area contributed by atoms with Gasteiger partial charge in [0.25, 0.3) is 5.91 Å². The minimum atomic E-state index is -4.62. The third kappa shape index (κ3) is 4.74. The minimum absolute atomic E-state index is 0.128. The van der Waals surface area contributed by atoms with E-state index >= 15 is 0 Å². The van der Waals surface area contributed by atoms with Crippen molar-refractivity contribution in [3.8, 4) is 0 Å². The number of hydrogen-bond donors (Lipinski definition) is 3. The van der Waals surface area contributed by atoms with Gasteiger partial charge in [-0.05, 0) is 43.3 Å². The number of rotatable bonds is 5. The Hall–Kier alpha value is -3.47. The maximum absolute atomic E-state index is 12.9. The molecule has 12 heteroatoms. The molecular weight excluding hydrogens is 427 g/mol. The summed E-state index contributed by atoms with van der Waals surface area (Å²) in [5.41, 5.74) is -0.562. The van der Waals surface area contributed by atoms with E-state index in [4.69, 9.17) is 11.6 Å². The number of anilines is 1. The number of amides is 1. The Kier molecular flexibility index (Phi) is 5.74. The van der Waals surface area contributed by atoms with Crippen LogP contribution in [0.5, 0.6) is 0 Å². The number of ketones is 1. The Morgan fingerprint density at radius 2 is 1.80 bits per heavy atom. The van der Waals surface area contributed by atoms with Gasteiger partial charge in [0.1, 0.15) is 5.69 Å². The Morgan fingerprint density at radius 3 is 2.47 bits per heavy atom. The molecule has 1 atom stereocenters. The molecule has 2 aromatic carbocycles. The average molecular weight is 440 g/mol. The van der Waals surface area contributed by atoms with Gasteiger partial charge in [-0.1, -0.05) is 11.6 Å². The first-order valence-electron chi connectivity index (χ1n) is 8.35. The van der Waals surface area contributed by atoms with Crippen molar-refractivity contribution in [2.45, 2.75) is 19.1 Å². The predicted molar refractivity (Wildman–Crippen MR) is 103 cm³/mol. The molecule has 0 spiro atoms. The first kappa shape index (κ1) is 21.2. The van der Waals surface area contributed by atoms with Gasteiger partial charge in [-0.15, -0.1) is 0 Å². The van der Waals surface area contributed by atoms with Gasteiger partial charge in [-0.3, -0.25) is 9.59 Å². The highest BCUT2D eigenvalue weighted by Gasteiger charge is 2.31. The zero-order valence-corrected chi connectivity index (χ0v) is 15.9. The van der Waals surface area contributed by atoms with Crippen LogP contribution in [-0.4, -0.2) is 27.7 Å². The van der Waals surface area contributed by atoms with E-state index in [2.05, 4.69) is 25.5 Å². The van der Waals surface area contributed by atoms with Crippen LogP contribution < -0.4 is 11.0 Å². The lowest BCUT2D eigenvalue weighted by molar-refractivity contribution is -0.137. The van der Waals surface area contributed by atoms with Gasteiger partial charge < -0.3 is 15.3 Å². The number of nitrogens with zero attached hydrogens (tertiary/aromatic N) is 2. The fraction of sp³-hybridized carbons (Fsp3) is 0.167. The summed E-state index contributed by atoms with van der Waals surface area (Å²) in [4.78, 5) is 40.6. The van der Waals surface area contributed by atoms with Crippen molar-refractivity contribution < 1.29 is 22.8 Å². The van der Waals surface area contributed by atoms with Crippen molar-refractivity contribution >= 4 is 45.7 Å². The van der Waals surface area contributed by atoms with Gasteiger partial charge in [-0.2, -0.15) is 23.4 Å². The number of aromatic nitrogens is 2. The van der Waals surface area contributed by atoms with Crippen LogP contribution in [0, 0.1) is 0 Å². The van der Waals surface area contributed by atoms with Crippen molar-refractivity contribution in [1.82, 2.24) is 9.97 Å². The fourth-order valence-electron chi connectivity index (χ4n) is 2.52. The maximum atomic E-state index is 12.9. The van der Waals surface area contributed by atoms with Crippen molar-refractivity contribution in [1.29, 1.82) is 0 Å². The van der Waals surface area contributed by atoms with Crippen LogP contribution in [0.4, 0.5) is 24.5 Å². The van der Waals surface area contributed by atoms with E-state index in [9.17, 15) is 27.6 Å². The third-order valence-electron chi connectivity index (χ3n) is 3.97. The van der Waals surface area contributed by atoms with Gasteiger partial charge in [0.15, 0.2) is 5.78 Å². The Bertz CT molecular complexity index is 1220. The summed E-state index contributed by atoms with van der Waals surface area (Å²) in [6, 6.07) is 5.31. The van der Waals surface area contributed by atoms with Crippen LogP contribution in [0.3, 0.4) is 0 Å². The molecule has 0 bridgehead atoms. The quantitative estimate of drug-likeness (QED) is 0.408. The number of aromatic amines is 2. The molecule has 1 heterocycles. The van der Waals surface area contributed by atoms with Gasteiger partial charge in [0.05, 0.1) is 21.6 Å². The molecule has 3 aromatic rings. The lowest BCUT2D eigenvalue weighted by Crippen LogP contribution is -2.31. The van der Waals surface area contributed by atoms with Gasteiger partial charge >= 0.3 is 11.9 Å². The number of H-pyrrole nitrogens is 2. The second kappa shape index (κ2) is 8.11. The molecule has 1 aromatic heterocycles. The second-order valence-electron chi connectivity index (χ2n) is 6.22. The molecule has 1 amide bonds. The monoisotopic (exact) mass is 439 g/mol. The lowest BCUT2D eigenvalue weighted by atomic mass is 10.2. The summed E-state index contributed by atoms with van der Waals surface area (Å²) in [6.07, 6.45) is -4.62. The molecule has 0 saturated carbocycles. The molecule has 0 radical (unpaired) electrons. The topological polar surface area (TPSA) is 120 Å². The van der Waals surface area contributed by atoms with E-state index in [1.165, 1.54) is 18.2 Å². The molecule has 0 fully saturated rings. The summed E-state index contributed by atoms with van der Waals surface area (Å²) in [7, 11) is 0. The van der Waals surface area contributed by atoms with E-state index in [0.717, 1.165) is 19.1 Å². The van der Waals surface area contributed by atoms with Crippen LogP contribution in [0.1, 0.15) is 12.5 Å². The second-order valence-corrected chi connectivity index (χ2v) is 6.63. The van der Waals surface area contributed by atoms with E-state index < -0.39 is 35.2 Å². The largest absolute Gasteiger partial charge is 0.416 e. The number of benzene rings is 2. The minimum Gasteiger partial charge on any atom is -0.324 e. The molecule has 8 nitrogen and oxygen atoms in total. The molecular formula is C18H13ClF3N5O3. The standard InChI is InChI=1S/C18H13ClF3N5O3/c1-8(28)15(27-26-13-6-9(18(20,21)22)2-4-11(13)19)16(29)23-10-3-5-12-14(7-10)25-17(30)24-12/h2-7,15H,1H3,(H,23,29)(H2,24,25,30)/t15-/m0/s1. The number of alkyl halides is 3. The molecule has 0 aliphatic rings. The number of hydrogen-bond acceptors (Lipinski definition) is 5. The number of azo groups is 1. The molecule has 3 N–H and O–H groups in total. The van der Waals surface area contributed by atoms with E-state index in [-0.39, 0.29) is 16.4 Å².